The van der Waals surface area contributed by atoms with E-state index in [4.69, 9.17) is 30.0 Å². The van der Waals surface area contributed by atoms with Crippen LogP contribution in [0.15, 0.2) is 28.7 Å². The summed E-state index contributed by atoms with van der Waals surface area (Å²) >= 11 is 6.75. The normalized spacial score (nSPS) is 7.92. The number of carboxylic acid groups (broad SMARTS) is 4. The molecule has 0 aliphatic heterocycles. The summed E-state index contributed by atoms with van der Waals surface area (Å²) in [7, 11) is 0. The second-order valence-corrected chi connectivity index (χ2v) is 7.27. The number of hydrogen-bond donors (Lipinski definition) is 5. The van der Waals surface area contributed by atoms with E-state index < -0.39 is 12.3 Å². The molecule has 0 radical (unpaired) electrons. The SMILES string of the molecule is BrCc1cccc(Br)c1.CC(C)C.CC(C)C.N.O=C(O)O.O=C(O)O. The standard InChI is InChI=1S/C7H6Br2.2C4H10.2CH2O3.H3N/c8-5-6-2-1-3-7(9)4-6;2*1-4(2)3;2*2-1(3)4;/h1-4H,5H2;2*4H,1-3H3;2*(H2,2,3,4);1H3. The predicted octanol–water partition coefficient (Wildman–Crippen LogP) is 7.28. The molecule has 0 aromatic heterocycles. The van der Waals surface area contributed by atoms with E-state index in [1.165, 1.54) is 5.56 Å². The third-order valence-corrected chi connectivity index (χ3v) is 2.18. The fraction of sp³-hybridized carbons (Fsp3) is 0.529. The van der Waals surface area contributed by atoms with Crippen molar-refractivity contribution in [1.82, 2.24) is 6.15 Å². The van der Waals surface area contributed by atoms with Crippen LogP contribution in [0.3, 0.4) is 0 Å². The molecule has 156 valence electrons. The average Bonchev–Trinajstić information content (AvgIpc) is 2.35. The van der Waals surface area contributed by atoms with Gasteiger partial charge in [-0.2, -0.15) is 0 Å². The topological polar surface area (TPSA) is 150 Å². The van der Waals surface area contributed by atoms with Gasteiger partial charge in [0.1, 0.15) is 0 Å². The van der Waals surface area contributed by atoms with E-state index in [2.05, 4.69) is 85.5 Å². The third-order valence-electron chi connectivity index (χ3n) is 1.04. The molecule has 1 rings (SSSR count). The molecule has 0 bridgehead atoms. The third kappa shape index (κ3) is 93.5. The monoisotopic (exact) mass is 505 g/mol. The van der Waals surface area contributed by atoms with E-state index in [9.17, 15) is 0 Å². The Morgan fingerprint density at radius 3 is 1.31 bits per heavy atom. The molecule has 7 nitrogen and oxygen atoms in total. The molecule has 0 unspecified atom stereocenters. The van der Waals surface area contributed by atoms with Crippen LogP contribution in [0.25, 0.3) is 0 Å². The molecule has 7 N–H and O–H groups in total. The highest BCUT2D eigenvalue weighted by molar-refractivity contribution is 9.10. The molecule has 0 amide bonds. The zero-order valence-electron chi connectivity index (χ0n) is 16.2. The minimum absolute atomic E-state index is 0. The number of alkyl halides is 1. The number of benzene rings is 1. The Bertz CT molecular complexity index is 412. The summed E-state index contributed by atoms with van der Waals surface area (Å²) in [4.78, 5) is 17.1. The van der Waals surface area contributed by atoms with Crippen LogP contribution in [-0.4, -0.2) is 32.7 Å². The number of hydrogen-bond acceptors (Lipinski definition) is 3. The highest BCUT2D eigenvalue weighted by atomic mass is 79.9. The lowest BCUT2D eigenvalue weighted by molar-refractivity contribution is 0.135. The summed E-state index contributed by atoms with van der Waals surface area (Å²) < 4.78 is 1.14. The molecule has 9 heteroatoms. The van der Waals surface area contributed by atoms with Crippen LogP contribution in [-0.2, 0) is 5.33 Å². The minimum atomic E-state index is -1.83. The Hall–Kier alpha value is -1.32. The Morgan fingerprint density at radius 1 is 0.885 bits per heavy atom. The van der Waals surface area contributed by atoms with E-state index in [1.54, 1.807) is 0 Å². The van der Waals surface area contributed by atoms with Crippen LogP contribution in [0.2, 0.25) is 0 Å². The van der Waals surface area contributed by atoms with E-state index in [-0.39, 0.29) is 6.15 Å². The molecule has 0 heterocycles. The van der Waals surface area contributed by atoms with Crippen molar-refractivity contribution in [2.24, 2.45) is 11.8 Å². The lowest BCUT2D eigenvalue weighted by Gasteiger charge is -1.93. The molecule has 0 atom stereocenters. The first-order valence-electron chi connectivity index (χ1n) is 7.40. The summed E-state index contributed by atoms with van der Waals surface area (Å²) in [5.74, 6) is 1.67. The van der Waals surface area contributed by atoms with Crippen molar-refractivity contribution in [3.8, 4) is 0 Å². The van der Waals surface area contributed by atoms with Crippen LogP contribution < -0.4 is 6.15 Å². The summed E-state index contributed by atoms with van der Waals surface area (Å²) in [5, 5.41) is 28.8. The minimum Gasteiger partial charge on any atom is -0.450 e. The van der Waals surface area contributed by atoms with Crippen molar-refractivity contribution in [2.75, 3.05) is 0 Å². The molecule has 0 aliphatic carbocycles. The molecule has 1 aromatic rings. The van der Waals surface area contributed by atoms with Crippen molar-refractivity contribution >= 4 is 44.2 Å². The number of rotatable bonds is 1. The van der Waals surface area contributed by atoms with Gasteiger partial charge >= 0.3 is 12.3 Å². The smallest absolute Gasteiger partial charge is 0.450 e. The quantitative estimate of drug-likeness (QED) is 0.251. The molecular formula is C17H33Br2NO6. The number of halogens is 2. The molecule has 26 heavy (non-hydrogen) atoms. The summed E-state index contributed by atoms with van der Waals surface area (Å²) in [6.07, 6.45) is -3.67. The lowest BCUT2D eigenvalue weighted by atomic mass is 10.2. The number of carbonyl (C=O) groups is 2. The Labute approximate surface area is 173 Å². The van der Waals surface area contributed by atoms with Gasteiger partial charge in [-0.05, 0) is 29.5 Å². The summed E-state index contributed by atoms with van der Waals surface area (Å²) in [6, 6.07) is 8.22. The van der Waals surface area contributed by atoms with Gasteiger partial charge in [-0.3, -0.25) is 0 Å². The van der Waals surface area contributed by atoms with Crippen molar-refractivity contribution in [1.29, 1.82) is 0 Å². The highest BCUT2D eigenvalue weighted by Gasteiger charge is 1.88. The van der Waals surface area contributed by atoms with Gasteiger partial charge in [-0.1, -0.05) is 85.5 Å². The van der Waals surface area contributed by atoms with Gasteiger partial charge in [0, 0.05) is 9.80 Å². The lowest BCUT2D eigenvalue weighted by Crippen LogP contribution is -1.81. The summed E-state index contributed by atoms with van der Waals surface area (Å²) in [6.45, 7) is 13.0. The van der Waals surface area contributed by atoms with Crippen molar-refractivity contribution < 1.29 is 30.0 Å². The van der Waals surface area contributed by atoms with Crippen LogP contribution in [0.4, 0.5) is 9.59 Å². The maximum absolute atomic E-state index is 8.56. The fourth-order valence-corrected chi connectivity index (χ4v) is 1.42. The Morgan fingerprint density at radius 2 is 1.15 bits per heavy atom. The summed E-state index contributed by atoms with van der Waals surface area (Å²) in [5.41, 5.74) is 1.30. The second kappa shape index (κ2) is 25.9. The van der Waals surface area contributed by atoms with E-state index in [0.29, 0.717) is 0 Å². The molecule has 0 fully saturated rings. The van der Waals surface area contributed by atoms with Gasteiger partial charge in [-0.15, -0.1) is 0 Å². The largest absolute Gasteiger partial charge is 0.503 e. The predicted molar refractivity (Wildman–Crippen MR) is 114 cm³/mol. The molecule has 0 saturated heterocycles. The fourth-order valence-electron chi connectivity index (χ4n) is 0.620. The van der Waals surface area contributed by atoms with Crippen molar-refractivity contribution in [3.05, 3.63) is 34.3 Å². The van der Waals surface area contributed by atoms with Gasteiger partial charge < -0.3 is 26.6 Å². The second-order valence-electron chi connectivity index (χ2n) is 5.79. The van der Waals surface area contributed by atoms with Gasteiger partial charge in [-0.25, -0.2) is 9.59 Å². The van der Waals surface area contributed by atoms with E-state index in [0.717, 1.165) is 21.6 Å². The van der Waals surface area contributed by atoms with Crippen LogP contribution >= 0.6 is 31.9 Å². The van der Waals surface area contributed by atoms with Crippen LogP contribution in [0.1, 0.15) is 47.1 Å². The first-order chi connectivity index (χ1) is 11.3. The first-order valence-corrected chi connectivity index (χ1v) is 9.31. The average molecular weight is 507 g/mol. The van der Waals surface area contributed by atoms with Gasteiger partial charge in [0.05, 0.1) is 0 Å². The zero-order valence-corrected chi connectivity index (χ0v) is 19.4. The first kappa shape index (κ1) is 35.7. The van der Waals surface area contributed by atoms with Gasteiger partial charge in [0.25, 0.3) is 0 Å². The zero-order chi connectivity index (χ0) is 21.0. The van der Waals surface area contributed by atoms with Crippen LogP contribution in [0.5, 0.6) is 0 Å². The molecule has 0 aliphatic rings. The highest BCUT2D eigenvalue weighted by Crippen LogP contribution is 2.13. The van der Waals surface area contributed by atoms with Gasteiger partial charge in [0.2, 0.25) is 0 Å². The van der Waals surface area contributed by atoms with Crippen molar-refractivity contribution in [2.45, 2.75) is 46.9 Å². The molecule has 0 spiro atoms. The molecular weight excluding hydrogens is 474 g/mol. The molecule has 0 saturated carbocycles. The Kier molecular flexibility index (Phi) is 35.6. The van der Waals surface area contributed by atoms with E-state index in [1.807, 2.05) is 12.1 Å². The van der Waals surface area contributed by atoms with Crippen molar-refractivity contribution in [3.63, 3.8) is 0 Å². The Balaban J connectivity index is -0.0000000752. The van der Waals surface area contributed by atoms with Crippen LogP contribution in [0, 0.1) is 11.8 Å². The van der Waals surface area contributed by atoms with Gasteiger partial charge in [0.15, 0.2) is 0 Å². The maximum atomic E-state index is 8.56. The maximum Gasteiger partial charge on any atom is 0.503 e. The van der Waals surface area contributed by atoms with E-state index >= 15 is 0 Å². The molecule has 1 aromatic carbocycles.